The fraction of sp³-hybridized carbons (Fsp3) is 0.333. The molecule has 0 aliphatic carbocycles. The molecule has 1 atom stereocenters. The number of hydrogen-bond acceptors (Lipinski definition) is 5. The Bertz CT molecular complexity index is 674. The van der Waals surface area contributed by atoms with Crippen LogP contribution in [0.1, 0.15) is 31.5 Å². The van der Waals surface area contributed by atoms with Gasteiger partial charge in [-0.3, -0.25) is 10.1 Å². The number of nitro benzene ring substituents is 1. The molecule has 0 radical (unpaired) electrons. The van der Waals surface area contributed by atoms with Crippen LogP contribution in [0.4, 0.5) is 14.5 Å². The third kappa shape index (κ3) is 3.02. The quantitative estimate of drug-likeness (QED) is 0.674. The number of halogens is 2. The minimum absolute atomic E-state index is 0.259. The lowest BCUT2D eigenvalue weighted by Gasteiger charge is -2.05. The highest BCUT2D eigenvalue weighted by atomic mass is 19.1. The van der Waals surface area contributed by atoms with Gasteiger partial charge in [-0.25, -0.2) is 9.07 Å². The molecule has 7 nitrogen and oxygen atoms in total. The summed E-state index contributed by atoms with van der Waals surface area (Å²) in [5.74, 6) is -2.22. The first-order valence-corrected chi connectivity index (χ1v) is 6.25. The number of hydrogen-bond donors (Lipinski definition) is 1. The Morgan fingerprint density at radius 2 is 2.14 bits per heavy atom. The Balaban J connectivity index is 2.42. The smallest absolute Gasteiger partial charge is 0.307 e. The van der Waals surface area contributed by atoms with Crippen LogP contribution in [-0.4, -0.2) is 19.9 Å². The van der Waals surface area contributed by atoms with Crippen LogP contribution in [0.3, 0.4) is 0 Å². The van der Waals surface area contributed by atoms with Crippen molar-refractivity contribution in [3.63, 3.8) is 0 Å². The molecule has 0 saturated carbocycles. The molecule has 1 heterocycles. The summed E-state index contributed by atoms with van der Waals surface area (Å²) in [6.07, 6.45) is 2.88. The van der Waals surface area contributed by atoms with E-state index >= 15 is 0 Å². The molecular weight excluding hydrogens is 284 g/mol. The van der Waals surface area contributed by atoms with E-state index in [1.165, 1.54) is 6.20 Å². The lowest BCUT2D eigenvalue weighted by atomic mass is 10.1. The van der Waals surface area contributed by atoms with Crippen LogP contribution in [0, 0.1) is 21.7 Å². The lowest BCUT2D eigenvalue weighted by Crippen LogP contribution is -2.10. The molecule has 0 aliphatic rings. The van der Waals surface area contributed by atoms with Crippen molar-refractivity contribution in [2.24, 2.45) is 5.73 Å². The zero-order valence-electron chi connectivity index (χ0n) is 11.2. The van der Waals surface area contributed by atoms with Crippen molar-refractivity contribution in [2.75, 3.05) is 0 Å². The minimum Gasteiger partial charge on any atom is -0.323 e. The normalized spacial score (nSPS) is 12.4. The average Bonchev–Trinajstić information content (AvgIpc) is 2.88. The molecule has 0 amide bonds. The van der Waals surface area contributed by atoms with E-state index < -0.39 is 22.2 Å². The molecule has 9 heteroatoms. The number of nitro groups is 1. The molecule has 21 heavy (non-hydrogen) atoms. The molecule has 1 aromatic carbocycles. The van der Waals surface area contributed by atoms with Crippen molar-refractivity contribution in [2.45, 2.75) is 25.8 Å². The Morgan fingerprint density at radius 3 is 2.76 bits per heavy atom. The predicted octanol–water partition coefficient (Wildman–Crippen LogP) is 2.25. The molecule has 0 aliphatic heterocycles. The Kier molecular flexibility index (Phi) is 4.22. The largest absolute Gasteiger partial charge is 0.323 e. The number of benzene rings is 1. The molecule has 0 bridgehead atoms. The molecule has 2 rings (SSSR count). The van der Waals surface area contributed by atoms with Gasteiger partial charge in [-0.2, -0.15) is 4.39 Å². The third-order valence-corrected chi connectivity index (χ3v) is 2.95. The van der Waals surface area contributed by atoms with E-state index in [-0.39, 0.29) is 11.7 Å². The van der Waals surface area contributed by atoms with Crippen molar-refractivity contribution in [3.8, 4) is 5.69 Å². The van der Waals surface area contributed by atoms with E-state index in [4.69, 9.17) is 5.73 Å². The van der Waals surface area contributed by atoms with E-state index in [0.29, 0.717) is 18.2 Å². The van der Waals surface area contributed by atoms with Crippen LogP contribution < -0.4 is 5.73 Å². The number of rotatable bonds is 5. The van der Waals surface area contributed by atoms with Crippen molar-refractivity contribution < 1.29 is 13.7 Å². The van der Waals surface area contributed by atoms with Gasteiger partial charge in [0.15, 0.2) is 5.82 Å². The molecule has 0 saturated heterocycles. The summed E-state index contributed by atoms with van der Waals surface area (Å²) in [5.41, 5.74) is 5.20. The standard InChI is InChI=1S/C12H13F2N5O2/c1-2-3-9(15)10-6-18(17-16-10)11-5-12(19(20)21)8(14)4-7(11)13/h4-6,9H,2-3,15H2,1H3. The van der Waals surface area contributed by atoms with E-state index in [0.717, 1.165) is 17.2 Å². The highest BCUT2D eigenvalue weighted by molar-refractivity contribution is 5.45. The second kappa shape index (κ2) is 5.92. The molecule has 1 unspecified atom stereocenters. The molecule has 2 aromatic rings. The highest BCUT2D eigenvalue weighted by Crippen LogP contribution is 2.24. The second-order valence-corrected chi connectivity index (χ2v) is 4.50. The Labute approximate surface area is 118 Å². The average molecular weight is 297 g/mol. The monoisotopic (exact) mass is 297 g/mol. The third-order valence-electron chi connectivity index (χ3n) is 2.95. The van der Waals surface area contributed by atoms with Crippen LogP contribution in [-0.2, 0) is 0 Å². The van der Waals surface area contributed by atoms with Gasteiger partial charge in [0, 0.05) is 12.1 Å². The fourth-order valence-corrected chi connectivity index (χ4v) is 1.87. The van der Waals surface area contributed by atoms with E-state index in [9.17, 15) is 18.9 Å². The van der Waals surface area contributed by atoms with Gasteiger partial charge < -0.3 is 5.73 Å². The summed E-state index contributed by atoms with van der Waals surface area (Å²) >= 11 is 0. The summed E-state index contributed by atoms with van der Waals surface area (Å²) in [4.78, 5) is 9.76. The summed E-state index contributed by atoms with van der Waals surface area (Å²) < 4.78 is 28.0. The van der Waals surface area contributed by atoms with E-state index in [2.05, 4.69) is 10.3 Å². The van der Waals surface area contributed by atoms with E-state index in [1.54, 1.807) is 0 Å². The van der Waals surface area contributed by atoms with Gasteiger partial charge >= 0.3 is 5.69 Å². The Morgan fingerprint density at radius 1 is 1.43 bits per heavy atom. The maximum absolute atomic E-state index is 13.8. The van der Waals surface area contributed by atoms with Crippen LogP contribution in [0.2, 0.25) is 0 Å². The van der Waals surface area contributed by atoms with Gasteiger partial charge in [0.05, 0.1) is 22.9 Å². The number of aromatic nitrogens is 3. The Hall–Kier alpha value is -2.42. The summed E-state index contributed by atoms with van der Waals surface area (Å²) in [7, 11) is 0. The first-order chi connectivity index (χ1) is 9.93. The summed E-state index contributed by atoms with van der Waals surface area (Å²) in [5, 5.41) is 18.2. The lowest BCUT2D eigenvalue weighted by molar-refractivity contribution is -0.387. The van der Waals surface area contributed by atoms with Gasteiger partial charge in [0.2, 0.25) is 5.82 Å². The van der Waals surface area contributed by atoms with Crippen LogP contribution in [0.15, 0.2) is 18.3 Å². The fourth-order valence-electron chi connectivity index (χ4n) is 1.87. The minimum atomic E-state index is -1.25. The number of nitrogens with zero attached hydrogens (tertiary/aromatic N) is 4. The highest BCUT2D eigenvalue weighted by Gasteiger charge is 2.21. The first kappa shape index (κ1) is 15.0. The maximum Gasteiger partial charge on any atom is 0.307 e. The zero-order valence-corrected chi connectivity index (χ0v) is 11.2. The molecule has 2 N–H and O–H groups in total. The van der Waals surface area contributed by atoms with Gasteiger partial charge in [0.1, 0.15) is 5.69 Å². The van der Waals surface area contributed by atoms with Crippen molar-refractivity contribution in [1.82, 2.24) is 15.0 Å². The van der Waals surface area contributed by atoms with Crippen molar-refractivity contribution in [1.29, 1.82) is 0 Å². The topological polar surface area (TPSA) is 99.9 Å². The second-order valence-electron chi connectivity index (χ2n) is 4.50. The molecule has 0 fully saturated rings. The van der Waals surface area contributed by atoms with Gasteiger partial charge in [-0.05, 0) is 6.42 Å². The first-order valence-electron chi connectivity index (χ1n) is 6.25. The van der Waals surface area contributed by atoms with Crippen molar-refractivity contribution in [3.05, 3.63) is 45.8 Å². The predicted molar refractivity (Wildman–Crippen MR) is 69.8 cm³/mol. The number of nitrogens with two attached hydrogens (primary N) is 1. The molecule has 0 spiro atoms. The SMILES string of the molecule is CCCC(N)c1cn(-c2cc([N+](=O)[O-])c(F)cc2F)nn1. The van der Waals surface area contributed by atoms with Crippen LogP contribution >= 0.6 is 0 Å². The van der Waals surface area contributed by atoms with Crippen molar-refractivity contribution >= 4 is 5.69 Å². The van der Waals surface area contributed by atoms with Gasteiger partial charge in [0.25, 0.3) is 0 Å². The molecule has 112 valence electrons. The maximum atomic E-state index is 13.8. The molecular formula is C12H13F2N5O2. The van der Waals surface area contributed by atoms with Crippen LogP contribution in [0.25, 0.3) is 5.69 Å². The molecule has 1 aromatic heterocycles. The zero-order chi connectivity index (χ0) is 15.6. The van der Waals surface area contributed by atoms with Gasteiger partial charge in [-0.1, -0.05) is 18.6 Å². The summed E-state index contributed by atoms with van der Waals surface area (Å²) in [6, 6.07) is 0.858. The van der Waals surface area contributed by atoms with Gasteiger partial charge in [-0.15, -0.1) is 5.10 Å². The summed E-state index contributed by atoms with van der Waals surface area (Å²) in [6.45, 7) is 1.95. The van der Waals surface area contributed by atoms with Crippen LogP contribution in [0.5, 0.6) is 0 Å². The van der Waals surface area contributed by atoms with E-state index in [1.807, 2.05) is 6.92 Å².